The van der Waals surface area contributed by atoms with Gasteiger partial charge in [-0.2, -0.15) is 0 Å². The van der Waals surface area contributed by atoms with Crippen LogP contribution < -0.4 is 22.1 Å². The summed E-state index contributed by atoms with van der Waals surface area (Å²) in [5.74, 6) is 1.95. The molecule has 2 heterocycles. The van der Waals surface area contributed by atoms with E-state index >= 15 is 9.59 Å². The highest BCUT2D eigenvalue weighted by atomic mass is 16.2. The minimum absolute atomic E-state index is 0.00812. The first-order valence-electron chi connectivity index (χ1n) is 22.0. The Morgan fingerprint density at radius 3 is 1.55 bits per heavy atom. The SMILES string of the molecule is Cc1c(=O)n(C)c(NC2CCCCCCCCC2)c2c(=O)n(C3CCCCCCCC3)c(=O)n(C3CCCC([B]C4CCCCCCC4)CC3)c12. The molecule has 7 nitrogen and oxygen atoms in total. The number of aryl methyl sites for hydroxylation is 1. The van der Waals surface area contributed by atoms with Crippen molar-refractivity contribution in [2.75, 3.05) is 5.32 Å². The third-order valence-corrected chi connectivity index (χ3v) is 13.6. The summed E-state index contributed by atoms with van der Waals surface area (Å²) in [6, 6.07) is 0.107. The second-order valence-electron chi connectivity index (χ2n) is 17.4. The molecule has 1 N–H and O–H groups in total. The van der Waals surface area contributed by atoms with Crippen molar-refractivity contribution in [1.29, 1.82) is 0 Å². The molecule has 2 aromatic rings. The molecule has 0 spiro atoms. The lowest BCUT2D eigenvalue weighted by atomic mass is 9.50. The van der Waals surface area contributed by atoms with Crippen LogP contribution in [0.15, 0.2) is 14.4 Å². The summed E-state index contributed by atoms with van der Waals surface area (Å²) in [7, 11) is 4.53. The molecule has 2 aromatic heterocycles. The van der Waals surface area contributed by atoms with Crippen LogP contribution >= 0.6 is 0 Å². The lowest BCUT2D eigenvalue weighted by Gasteiger charge is -2.29. The molecule has 51 heavy (non-hydrogen) atoms. The van der Waals surface area contributed by atoms with Gasteiger partial charge in [0.25, 0.3) is 11.1 Å². The van der Waals surface area contributed by atoms with E-state index in [1.807, 2.05) is 18.5 Å². The average molecular weight is 702 g/mol. The van der Waals surface area contributed by atoms with Gasteiger partial charge in [-0.1, -0.05) is 159 Å². The number of pyridine rings is 1. The first-order valence-corrected chi connectivity index (χ1v) is 22.0. The number of hydrogen-bond donors (Lipinski definition) is 1. The Labute approximate surface area is 309 Å². The van der Waals surface area contributed by atoms with Crippen molar-refractivity contribution in [3.05, 3.63) is 36.8 Å². The van der Waals surface area contributed by atoms with E-state index in [4.69, 9.17) is 0 Å². The maximum atomic E-state index is 15.1. The van der Waals surface area contributed by atoms with Crippen molar-refractivity contribution in [3.8, 4) is 0 Å². The molecule has 6 rings (SSSR count). The molecule has 2 atom stereocenters. The number of anilines is 1. The van der Waals surface area contributed by atoms with E-state index in [-0.39, 0.29) is 34.9 Å². The van der Waals surface area contributed by atoms with Crippen LogP contribution in [0.25, 0.3) is 10.9 Å². The maximum absolute atomic E-state index is 15.1. The number of nitrogens with one attached hydrogen (secondary N) is 1. The van der Waals surface area contributed by atoms with Crippen LogP contribution in [0.5, 0.6) is 0 Å². The Morgan fingerprint density at radius 2 is 0.961 bits per heavy atom. The Balaban J connectivity index is 1.43. The van der Waals surface area contributed by atoms with Crippen LogP contribution in [0.2, 0.25) is 11.6 Å². The molecule has 1 radical (unpaired) electrons. The molecule has 0 amide bonds. The molecule has 0 aromatic carbocycles. The van der Waals surface area contributed by atoms with Gasteiger partial charge in [0.05, 0.1) is 5.52 Å². The molecule has 283 valence electrons. The fourth-order valence-corrected chi connectivity index (χ4v) is 10.5. The van der Waals surface area contributed by atoms with Gasteiger partial charge in [0.2, 0.25) is 0 Å². The third kappa shape index (κ3) is 9.66. The molecule has 0 saturated heterocycles. The van der Waals surface area contributed by atoms with Crippen LogP contribution in [0.1, 0.15) is 204 Å². The van der Waals surface area contributed by atoms with E-state index in [9.17, 15) is 4.79 Å². The third-order valence-electron chi connectivity index (χ3n) is 13.6. The zero-order valence-corrected chi connectivity index (χ0v) is 32.5. The van der Waals surface area contributed by atoms with E-state index in [1.54, 1.807) is 9.13 Å². The van der Waals surface area contributed by atoms with E-state index in [2.05, 4.69) is 12.6 Å². The van der Waals surface area contributed by atoms with E-state index in [0.717, 1.165) is 95.7 Å². The standard InChI is InChI=1S/C43H70BN4O3/c1-32-39-38(40(46(2)41(32)49)45-35-25-17-11-4-3-5-12-18-26-35)42(50)48(36-27-19-13-6-7-14-20-28-36)43(51)47(39)37-29-21-24-34(30-31-37)44-33-22-15-9-8-10-16-23-33/h33-37,45H,3-31H2,1-2H3. The predicted octanol–water partition coefficient (Wildman–Crippen LogP) is 10.7. The van der Waals surface area contributed by atoms with Crippen LogP contribution in [-0.4, -0.2) is 27.0 Å². The molecule has 4 saturated carbocycles. The molecule has 4 fully saturated rings. The Morgan fingerprint density at radius 1 is 0.510 bits per heavy atom. The summed E-state index contributed by atoms with van der Waals surface area (Å²) in [4.78, 5) is 44.2. The first kappa shape index (κ1) is 38.5. The van der Waals surface area contributed by atoms with Crippen LogP contribution in [0.4, 0.5) is 5.82 Å². The average Bonchev–Trinajstić information content (AvgIpc) is 3.25. The van der Waals surface area contributed by atoms with Crippen molar-refractivity contribution >= 4 is 24.0 Å². The summed E-state index contributed by atoms with van der Waals surface area (Å²) in [5.41, 5.74) is 0.719. The van der Waals surface area contributed by atoms with Crippen molar-refractivity contribution < 1.29 is 0 Å². The van der Waals surface area contributed by atoms with Crippen LogP contribution in [-0.2, 0) is 7.05 Å². The quantitative estimate of drug-likeness (QED) is 0.240. The Hall–Kier alpha value is -2.25. The Kier molecular flexibility index (Phi) is 14.5. The summed E-state index contributed by atoms with van der Waals surface area (Å²) >= 11 is 0. The maximum Gasteiger partial charge on any atom is 0.332 e. The molecular weight excluding hydrogens is 631 g/mol. The van der Waals surface area contributed by atoms with Gasteiger partial charge in [-0.15, -0.1) is 0 Å². The van der Waals surface area contributed by atoms with Gasteiger partial charge >= 0.3 is 5.69 Å². The fraction of sp³-hybridized carbons (Fsp3) is 0.837. The monoisotopic (exact) mass is 702 g/mol. The molecule has 0 bridgehead atoms. The molecule has 4 aliphatic rings. The van der Waals surface area contributed by atoms with Gasteiger partial charge in [0.1, 0.15) is 18.5 Å². The van der Waals surface area contributed by atoms with Gasteiger partial charge in [-0.3, -0.25) is 23.3 Å². The summed E-state index contributed by atoms with van der Waals surface area (Å²) in [5, 5.41) is 4.41. The minimum Gasteiger partial charge on any atom is -0.368 e. The molecule has 8 heteroatoms. The number of nitrogens with zero attached hydrogens (tertiary/aromatic N) is 3. The normalized spacial score (nSPS) is 25.1. The fourth-order valence-electron chi connectivity index (χ4n) is 10.5. The van der Waals surface area contributed by atoms with Crippen molar-refractivity contribution in [3.63, 3.8) is 0 Å². The lowest BCUT2D eigenvalue weighted by molar-refractivity contribution is 0.361. The molecule has 2 unspecified atom stereocenters. The highest BCUT2D eigenvalue weighted by Gasteiger charge is 2.31. The second-order valence-corrected chi connectivity index (χ2v) is 17.4. The van der Waals surface area contributed by atoms with Gasteiger partial charge in [-0.05, 0) is 45.4 Å². The number of aromatic nitrogens is 3. The zero-order valence-electron chi connectivity index (χ0n) is 32.5. The van der Waals surface area contributed by atoms with E-state index in [0.29, 0.717) is 28.1 Å². The van der Waals surface area contributed by atoms with Crippen molar-refractivity contribution in [2.24, 2.45) is 7.05 Å². The van der Waals surface area contributed by atoms with E-state index in [1.165, 1.54) is 96.3 Å². The number of rotatable bonds is 6. The number of fused-ring (bicyclic) bond motifs is 1. The van der Waals surface area contributed by atoms with Crippen LogP contribution in [0.3, 0.4) is 0 Å². The van der Waals surface area contributed by atoms with E-state index < -0.39 is 0 Å². The highest BCUT2D eigenvalue weighted by Crippen LogP contribution is 2.39. The molecule has 0 aliphatic heterocycles. The minimum atomic E-state index is -0.180. The first-order chi connectivity index (χ1) is 24.9. The molecule has 4 aliphatic carbocycles. The van der Waals surface area contributed by atoms with Crippen LogP contribution in [0, 0.1) is 6.92 Å². The largest absolute Gasteiger partial charge is 0.368 e. The number of hydrogen-bond acceptors (Lipinski definition) is 4. The zero-order chi connectivity index (χ0) is 35.6. The summed E-state index contributed by atoms with van der Waals surface area (Å²) in [6.45, 7) is 1.86. The highest BCUT2D eigenvalue weighted by molar-refractivity contribution is 6.39. The lowest BCUT2D eigenvalue weighted by Crippen LogP contribution is -2.45. The smallest absolute Gasteiger partial charge is 0.332 e. The molecular formula is C43H70BN4O3. The Bertz CT molecular complexity index is 1560. The van der Waals surface area contributed by atoms with Gasteiger partial charge < -0.3 is 5.32 Å². The van der Waals surface area contributed by atoms with Crippen molar-refractivity contribution in [2.45, 2.75) is 223 Å². The van der Waals surface area contributed by atoms with Gasteiger partial charge in [-0.25, -0.2) is 4.79 Å². The summed E-state index contributed by atoms with van der Waals surface area (Å²) < 4.78 is 5.39. The van der Waals surface area contributed by atoms with Gasteiger partial charge in [0, 0.05) is 30.7 Å². The topological polar surface area (TPSA) is 78.0 Å². The van der Waals surface area contributed by atoms with Gasteiger partial charge in [0.15, 0.2) is 0 Å². The second kappa shape index (κ2) is 19.2. The van der Waals surface area contributed by atoms with Crippen molar-refractivity contribution in [1.82, 2.24) is 13.7 Å². The predicted molar refractivity (Wildman–Crippen MR) is 215 cm³/mol. The summed E-state index contributed by atoms with van der Waals surface area (Å²) in [6.07, 6.45) is 34.1.